The quantitative estimate of drug-likeness (QED) is 0.525. The average molecular weight is 458 g/mol. The maximum atomic E-state index is 13.8. The topological polar surface area (TPSA) is 36.3 Å². The molecule has 162 valence electrons. The number of halogens is 2. The van der Waals surface area contributed by atoms with E-state index in [9.17, 15) is 4.39 Å². The molecule has 4 rings (SSSR count). The van der Waals surface area contributed by atoms with Gasteiger partial charge in [0.05, 0.1) is 22.8 Å². The number of nitrogens with zero attached hydrogens (tertiary/aromatic N) is 4. The molecule has 1 fully saturated rings. The van der Waals surface area contributed by atoms with Gasteiger partial charge in [0, 0.05) is 30.3 Å². The van der Waals surface area contributed by atoms with Crippen molar-refractivity contribution >= 4 is 28.9 Å². The zero-order chi connectivity index (χ0) is 22.0. The molecule has 1 N–H and O–H groups in total. The highest BCUT2D eigenvalue weighted by Gasteiger charge is 2.40. The van der Waals surface area contributed by atoms with E-state index in [2.05, 4.69) is 40.3 Å². The number of rotatable bonds is 7. The molecule has 0 bridgehead atoms. The van der Waals surface area contributed by atoms with Gasteiger partial charge >= 0.3 is 0 Å². The lowest BCUT2D eigenvalue weighted by Gasteiger charge is -2.29. The summed E-state index contributed by atoms with van der Waals surface area (Å²) in [5, 5.41) is 4.29. The van der Waals surface area contributed by atoms with Crippen molar-refractivity contribution in [2.75, 3.05) is 27.2 Å². The van der Waals surface area contributed by atoms with Crippen LogP contribution in [0, 0.1) is 5.82 Å². The number of hydrogen-bond donors (Lipinski definition) is 1. The summed E-state index contributed by atoms with van der Waals surface area (Å²) in [6.45, 7) is 1.78. The Hall–Kier alpha value is -2.48. The Balaban J connectivity index is 1.74. The number of benzene rings is 1. The molecule has 2 aromatic heterocycles. The Morgan fingerprint density at radius 3 is 2.74 bits per heavy atom. The molecule has 3 aromatic rings. The fourth-order valence-corrected chi connectivity index (χ4v) is 4.54. The normalized spacial score (nSPS) is 18.6. The van der Waals surface area contributed by atoms with Crippen LogP contribution in [0.4, 0.5) is 4.39 Å². The van der Waals surface area contributed by atoms with Crippen LogP contribution in [0.1, 0.15) is 29.9 Å². The van der Waals surface area contributed by atoms with Crippen molar-refractivity contribution in [1.29, 1.82) is 0 Å². The van der Waals surface area contributed by atoms with Crippen LogP contribution in [0.5, 0.6) is 0 Å². The van der Waals surface area contributed by atoms with Crippen LogP contribution in [0.2, 0.25) is 5.02 Å². The molecule has 3 heterocycles. The van der Waals surface area contributed by atoms with Crippen LogP contribution in [0.3, 0.4) is 0 Å². The maximum Gasteiger partial charge on any atom is 0.170 e. The zero-order valence-corrected chi connectivity index (χ0v) is 19.1. The average Bonchev–Trinajstić information content (AvgIpc) is 3.35. The molecule has 1 aromatic carbocycles. The third kappa shape index (κ3) is 4.59. The summed E-state index contributed by atoms with van der Waals surface area (Å²) in [5.74, 6) is -0.431. The van der Waals surface area contributed by atoms with E-state index in [1.807, 2.05) is 35.0 Å². The smallest absolute Gasteiger partial charge is 0.170 e. The highest BCUT2D eigenvalue weighted by molar-refractivity contribution is 7.80. The molecule has 2 atom stereocenters. The first-order chi connectivity index (χ1) is 15.0. The predicted octanol–water partition coefficient (Wildman–Crippen LogP) is 4.59. The standard InChI is InChI=1S/C23H25ClFN5S/c1-28(2)12-6-14-30-22(21(27-23(30)31)19-7-3-4-11-26-19)20-8-5-13-29(20)16-9-10-18(25)17(24)15-16/h3-5,7-11,13,15,21-22H,6,12,14H2,1-2H3,(H,27,31)/t21-,22+/m1/s1. The Morgan fingerprint density at radius 1 is 1.19 bits per heavy atom. The van der Waals surface area contributed by atoms with Crippen LogP contribution < -0.4 is 5.32 Å². The number of hydrogen-bond acceptors (Lipinski definition) is 3. The number of nitrogens with one attached hydrogen (secondary N) is 1. The van der Waals surface area contributed by atoms with Crippen LogP contribution in [0.15, 0.2) is 60.9 Å². The van der Waals surface area contributed by atoms with Crippen molar-refractivity contribution in [3.63, 3.8) is 0 Å². The number of aromatic nitrogens is 2. The second kappa shape index (κ2) is 9.34. The summed E-state index contributed by atoms with van der Waals surface area (Å²) >= 11 is 11.8. The predicted molar refractivity (Wildman–Crippen MR) is 126 cm³/mol. The number of pyridine rings is 1. The zero-order valence-electron chi connectivity index (χ0n) is 17.5. The molecule has 1 aliphatic rings. The van der Waals surface area contributed by atoms with Crippen molar-refractivity contribution in [3.05, 3.63) is 83.2 Å². The first-order valence-electron chi connectivity index (χ1n) is 10.2. The van der Waals surface area contributed by atoms with E-state index in [1.54, 1.807) is 18.3 Å². The summed E-state index contributed by atoms with van der Waals surface area (Å²) in [4.78, 5) is 8.99. The molecule has 0 saturated carbocycles. The van der Waals surface area contributed by atoms with Crippen LogP contribution in [0.25, 0.3) is 5.69 Å². The van der Waals surface area contributed by atoms with Crippen LogP contribution >= 0.6 is 23.8 Å². The van der Waals surface area contributed by atoms with Gasteiger partial charge in [-0.2, -0.15) is 0 Å². The van der Waals surface area contributed by atoms with Crippen molar-refractivity contribution < 1.29 is 4.39 Å². The van der Waals surface area contributed by atoms with E-state index in [-0.39, 0.29) is 17.1 Å². The molecule has 0 spiro atoms. The van der Waals surface area contributed by atoms with E-state index >= 15 is 0 Å². The SMILES string of the molecule is CN(C)CCCN1C(=S)N[C@H](c2ccccn2)[C@@H]1c1cccn1-c1ccc(F)c(Cl)c1. The molecule has 8 heteroatoms. The summed E-state index contributed by atoms with van der Waals surface area (Å²) in [5.41, 5.74) is 2.77. The Morgan fingerprint density at radius 2 is 2.03 bits per heavy atom. The summed E-state index contributed by atoms with van der Waals surface area (Å²) in [7, 11) is 4.14. The molecule has 0 aliphatic carbocycles. The molecular weight excluding hydrogens is 433 g/mol. The minimum absolute atomic E-state index is 0.0663. The molecule has 31 heavy (non-hydrogen) atoms. The van der Waals surface area contributed by atoms with E-state index in [0.29, 0.717) is 5.11 Å². The first-order valence-corrected chi connectivity index (χ1v) is 11.0. The lowest BCUT2D eigenvalue weighted by molar-refractivity contribution is 0.286. The second-order valence-corrected chi connectivity index (χ2v) is 8.67. The van der Waals surface area contributed by atoms with Gasteiger partial charge in [-0.3, -0.25) is 4.98 Å². The van der Waals surface area contributed by atoms with Crippen LogP contribution in [-0.2, 0) is 0 Å². The minimum Gasteiger partial charge on any atom is -0.352 e. The molecule has 1 saturated heterocycles. The summed E-state index contributed by atoms with van der Waals surface area (Å²) in [6.07, 6.45) is 4.74. The van der Waals surface area contributed by atoms with Crippen molar-refractivity contribution in [2.24, 2.45) is 0 Å². The lowest BCUT2D eigenvalue weighted by Crippen LogP contribution is -2.33. The van der Waals surface area contributed by atoms with E-state index < -0.39 is 5.82 Å². The highest BCUT2D eigenvalue weighted by atomic mass is 35.5. The van der Waals surface area contributed by atoms with Gasteiger partial charge in [-0.1, -0.05) is 17.7 Å². The third-order valence-corrected chi connectivity index (χ3v) is 6.11. The van der Waals surface area contributed by atoms with Crippen molar-refractivity contribution in [3.8, 4) is 5.69 Å². The molecule has 0 amide bonds. The van der Waals surface area contributed by atoms with Gasteiger partial charge in [0.1, 0.15) is 5.82 Å². The highest BCUT2D eigenvalue weighted by Crippen LogP contribution is 2.39. The molecular formula is C23H25ClFN5S. The maximum absolute atomic E-state index is 13.8. The summed E-state index contributed by atoms with van der Waals surface area (Å²) in [6, 6.07) is 14.6. The monoisotopic (exact) mass is 457 g/mol. The third-order valence-electron chi connectivity index (χ3n) is 5.47. The van der Waals surface area contributed by atoms with Gasteiger partial charge in [-0.25, -0.2) is 4.39 Å². The van der Waals surface area contributed by atoms with Crippen molar-refractivity contribution in [2.45, 2.75) is 18.5 Å². The Labute approximate surface area is 192 Å². The molecule has 5 nitrogen and oxygen atoms in total. The van der Waals surface area contributed by atoms with E-state index in [4.69, 9.17) is 23.8 Å². The van der Waals surface area contributed by atoms with Gasteiger partial charge in [0.2, 0.25) is 0 Å². The van der Waals surface area contributed by atoms with Gasteiger partial charge in [-0.05, 0) is 81.7 Å². The molecule has 1 aliphatic heterocycles. The van der Waals surface area contributed by atoms with Gasteiger partial charge < -0.3 is 19.7 Å². The van der Waals surface area contributed by atoms with Gasteiger partial charge in [0.25, 0.3) is 0 Å². The van der Waals surface area contributed by atoms with E-state index in [0.717, 1.165) is 36.6 Å². The largest absolute Gasteiger partial charge is 0.352 e. The van der Waals surface area contributed by atoms with Gasteiger partial charge in [-0.15, -0.1) is 0 Å². The van der Waals surface area contributed by atoms with Crippen molar-refractivity contribution in [1.82, 2.24) is 24.7 Å². The molecule has 0 unspecified atom stereocenters. The summed E-state index contributed by atoms with van der Waals surface area (Å²) < 4.78 is 15.8. The minimum atomic E-state index is -0.431. The van der Waals surface area contributed by atoms with Gasteiger partial charge in [0.15, 0.2) is 5.11 Å². The fraction of sp³-hybridized carbons (Fsp3) is 0.304. The molecule has 0 radical (unpaired) electrons. The number of thiocarbonyl (C=S) groups is 1. The Bertz CT molecular complexity index is 1060. The Kier molecular flexibility index (Phi) is 6.55. The first kappa shape index (κ1) is 21.7. The lowest BCUT2D eigenvalue weighted by atomic mass is 10.0. The second-order valence-electron chi connectivity index (χ2n) is 7.88. The fourth-order valence-electron chi connectivity index (χ4n) is 4.03. The van der Waals surface area contributed by atoms with Crippen LogP contribution in [-0.4, -0.2) is 51.6 Å². The van der Waals surface area contributed by atoms with E-state index in [1.165, 1.54) is 6.07 Å².